The van der Waals surface area contributed by atoms with Gasteiger partial charge in [-0.1, -0.05) is 5.16 Å². The second kappa shape index (κ2) is 7.13. The number of amides is 1. The Labute approximate surface area is 164 Å². The quantitative estimate of drug-likeness (QED) is 0.638. The van der Waals surface area contributed by atoms with Crippen molar-refractivity contribution >= 4 is 17.0 Å². The summed E-state index contributed by atoms with van der Waals surface area (Å²) in [5.74, 6) is -0.465. The van der Waals surface area contributed by atoms with Gasteiger partial charge in [-0.3, -0.25) is 9.78 Å². The molecule has 6 nitrogen and oxygen atoms in total. The van der Waals surface area contributed by atoms with Crippen LogP contribution in [0.2, 0.25) is 0 Å². The van der Waals surface area contributed by atoms with Crippen LogP contribution in [0.3, 0.4) is 0 Å². The number of alkyl halides is 3. The maximum atomic E-state index is 13.6. The third kappa shape index (κ3) is 3.56. The van der Waals surface area contributed by atoms with Gasteiger partial charge in [0.1, 0.15) is 0 Å². The van der Waals surface area contributed by atoms with Gasteiger partial charge in [-0.05, 0) is 44.4 Å². The fourth-order valence-corrected chi connectivity index (χ4v) is 3.83. The first kappa shape index (κ1) is 19.4. The topological polar surface area (TPSA) is 72.1 Å². The molecule has 1 atom stereocenters. The Morgan fingerprint density at radius 1 is 1.31 bits per heavy atom. The highest BCUT2D eigenvalue weighted by Gasteiger charge is 2.37. The number of pyridine rings is 2. The lowest BCUT2D eigenvalue weighted by Gasteiger charge is -2.33. The van der Waals surface area contributed by atoms with Crippen molar-refractivity contribution in [2.75, 3.05) is 13.1 Å². The molecule has 0 N–H and O–H groups in total. The molecule has 0 aromatic carbocycles. The number of aryl methyl sites for hydroxylation is 2. The molecule has 4 heterocycles. The second-order valence-corrected chi connectivity index (χ2v) is 7.32. The van der Waals surface area contributed by atoms with Gasteiger partial charge in [0.15, 0.2) is 0 Å². The number of hydrogen-bond donors (Lipinski definition) is 0. The maximum Gasteiger partial charge on any atom is 0.417 e. The molecule has 0 radical (unpaired) electrons. The number of nitrogens with zero attached hydrogens (tertiary/aromatic N) is 4. The molecule has 1 fully saturated rings. The number of hydrogen-bond acceptors (Lipinski definition) is 5. The third-order valence-corrected chi connectivity index (χ3v) is 5.32. The van der Waals surface area contributed by atoms with Crippen LogP contribution >= 0.6 is 0 Å². The Kier molecular flexibility index (Phi) is 4.76. The summed E-state index contributed by atoms with van der Waals surface area (Å²) in [6.45, 7) is 4.11. The van der Waals surface area contributed by atoms with Gasteiger partial charge in [-0.25, -0.2) is 4.98 Å². The van der Waals surface area contributed by atoms with Crippen molar-refractivity contribution in [2.24, 2.45) is 0 Å². The van der Waals surface area contributed by atoms with Crippen LogP contribution in [0, 0.1) is 13.8 Å². The van der Waals surface area contributed by atoms with E-state index >= 15 is 0 Å². The largest absolute Gasteiger partial charge is 0.417 e. The molecule has 3 aromatic heterocycles. The number of fused-ring (bicyclic) bond motifs is 1. The standard InChI is InChI=1S/C20H19F3N4O2/c1-11-9-24-6-5-14(11)19(28)27-7-3-4-13(10-27)16-8-15(20(21,22)23)17-12(2)26-29-18(17)25-16/h5-6,8-9,13H,3-4,7,10H2,1-2H3/t13-/m1/s1. The Hall–Kier alpha value is -2.97. The van der Waals surface area contributed by atoms with Gasteiger partial charge in [0.2, 0.25) is 0 Å². The summed E-state index contributed by atoms with van der Waals surface area (Å²) in [6, 6.07) is 2.73. The summed E-state index contributed by atoms with van der Waals surface area (Å²) in [7, 11) is 0. The average molecular weight is 404 g/mol. The number of likely N-dealkylation sites (tertiary alicyclic amines) is 1. The minimum atomic E-state index is -4.55. The van der Waals surface area contributed by atoms with Crippen LogP contribution in [0.4, 0.5) is 13.2 Å². The van der Waals surface area contributed by atoms with E-state index < -0.39 is 11.7 Å². The Bertz CT molecular complexity index is 1080. The van der Waals surface area contributed by atoms with Crippen molar-refractivity contribution in [2.45, 2.75) is 38.8 Å². The first-order valence-electron chi connectivity index (χ1n) is 9.29. The molecule has 0 saturated carbocycles. The molecular formula is C20H19F3N4O2. The zero-order valence-electron chi connectivity index (χ0n) is 16.0. The molecule has 1 aliphatic heterocycles. The van der Waals surface area contributed by atoms with E-state index in [4.69, 9.17) is 4.52 Å². The van der Waals surface area contributed by atoms with Gasteiger partial charge in [-0.2, -0.15) is 13.2 Å². The first-order chi connectivity index (χ1) is 13.8. The summed E-state index contributed by atoms with van der Waals surface area (Å²) in [5, 5.41) is 3.53. The van der Waals surface area contributed by atoms with Crippen molar-refractivity contribution in [3.63, 3.8) is 0 Å². The number of aromatic nitrogens is 3. The van der Waals surface area contributed by atoms with Crippen molar-refractivity contribution in [1.82, 2.24) is 20.0 Å². The minimum absolute atomic E-state index is 0.114. The predicted molar refractivity (Wildman–Crippen MR) is 98.4 cm³/mol. The molecule has 0 unspecified atom stereocenters. The van der Waals surface area contributed by atoms with Gasteiger partial charge >= 0.3 is 6.18 Å². The lowest BCUT2D eigenvalue weighted by atomic mass is 9.92. The number of carbonyl (C=O) groups is 1. The van der Waals surface area contributed by atoms with Gasteiger partial charge < -0.3 is 9.42 Å². The van der Waals surface area contributed by atoms with E-state index in [2.05, 4.69) is 15.1 Å². The van der Waals surface area contributed by atoms with E-state index in [0.29, 0.717) is 31.5 Å². The van der Waals surface area contributed by atoms with Crippen LogP contribution in [0.5, 0.6) is 0 Å². The molecule has 9 heteroatoms. The zero-order valence-corrected chi connectivity index (χ0v) is 16.0. The summed E-state index contributed by atoms with van der Waals surface area (Å²) in [4.78, 5) is 22.9. The summed E-state index contributed by atoms with van der Waals surface area (Å²) in [5.41, 5.74) is 0.803. The Morgan fingerprint density at radius 2 is 2.10 bits per heavy atom. The number of piperidine rings is 1. The fourth-order valence-electron chi connectivity index (χ4n) is 3.83. The van der Waals surface area contributed by atoms with E-state index in [0.717, 1.165) is 11.6 Å². The molecule has 4 rings (SSSR count). The molecule has 1 aliphatic rings. The highest BCUT2D eigenvalue weighted by molar-refractivity contribution is 5.95. The molecule has 3 aromatic rings. The molecule has 0 aliphatic carbocycles. The molecule has 1 amide bonds. The third-order valence-electron chi connectivity index (χ3n) is 5.32. The molecule has 0 bridgehead atoms. The van der Waals surface area contributed by atoms with Gasteiger partial charge in [-0.15, -0.1) is 0 Å². The minimum Gasteiger partial charge on any atom is -0.338 e. The van der Waals surface area contributed by atoms with E-state index in [1.807, 2.05) is 0 Å². The van der Waals surface area contributed by atoms with Gasteiger partial charge in [0.05, 0.1) is 22.3 Å². The van der Waals surface area contributed by atoms with Crippen LogP contribution in [0.15, 0.2) is 29.0 Å². The monoisotopic (exact) mass is 404 g/mol. The van der Waals surface area contributed by atoms with Crippen LogP contribution in [-0.2, 0) is 6.18 Å². The maximum absolute atomic E-state index is 13.6. The van der Waals surface area contributed by atoms with Crippen LogP contribution < -0.4 is 0 Å². The fraction of sp³-hybridized carbons (Fsp3) is 0.400. The van der Waals surface area contributed by atoms with Crippen molar-refractivity contribution in [3.05, 3.63) is 52.6 Å². The van der Waals surface area contributed by atoms with Crippen molar-refractivity contribution in [3.8, 4) is 0 Å². The lowest BCUT2D eigenvalue weighted by Crippen LogP contribution is -2.39. The number of halogens is 3. The lowest BCUT2D eigenvalue weighted by molar-refractivity contribution is -0.136. The zero-order chi connectivity index (χ0) is 20.8. The molecule has 152 valence electrons. The van der Waals surface area contributed by atoms with E-state index in [1.165, 1.54) is 6.92 Å². The SMILES string of the molecule is Cc1cnccc1C(=O)N1CCC[C@@H](c2cc(C(F)(F)F)c3c(C)noc3n2)C1. The average Bonchev–Trinajstić information content (AvgIpc) is 3.07. The Morgan fingerprint density at radius 3 is 2.83 bits per heavy atom. The molecule has 1 saturated heterocycles. The van der Waals surface area contributed by atoms with Crippen molar-refractivity contribution < 1.29 is 22.5 Å². The van der Waals surface area contributed by atoms with Gasteiger partial charge in [0, 0.05) is 37.0 Å². The van der Waals surface area contributed by atoms with Crippen molar-refractivity contribution in [1.29, 1.82) is 0 Å². The van der Waals surface area contributed by atoms with E-state index in [-0.39, 0.29) is 34.3 Å². The van der Waals surface area contributed by atoms with E-state index in [9.17, 15) is 18.0 Å². The van der Waals surface area contributed by atoms with E-state index in [1.54, 1.807) is 30.3 Å². The van der Waals surface area contributed by atoms with Crippen LogP contribution in [0.1, 0.15) is 51.6 Å². The normalized spacial score (nSPS) is 17.7. The smallest absolute Gasteiger partial charge is 0.338 e. The van der Waals surface area contributed by atoms with Crippen LogP contribution in [-0.4, -0.2) is 39.0 Å². The number of rotatable bonds is 2. The van der Waals surface area contributed by atoms with Crippen LogP contribution in [0.25, 0.3) is 11.1 Å². The molecule has 0 spiro atoms. The second-order valence-electron chi connectivity index (χ2n) is 7.32. The highest BCUT2D eigenvalue weighted by atomic mass is 19.4. The molecule has 29 heavy (non-hydrogen) atoms. The summed E-state index contributed by atoms with van der Waals surface area (Å²) < 4.78 is 45.9. The first-order valence-corrected chi connectivity index (χ1v) is 9.29. The Balaban J connectivity index is 1.67. The number of carbonyl (C=O) groups excluding carboxylic acids is 1. The molecular weight excluding hydrogens is 385 g/mol. The van der Waals surface area contributed by atoms with Gasteiger partial charge in [0.25, 0.3) is 11.6 Å². The summed E-state index contributed by atoms with van der Waals surface area (Å²) >= 11 is 0. The summed E-state index contributed by atoms with van der Waals surface area (Å²) in [6.07, 6.45) is -0.0609. The predicted octanol–water partition coefficient (Wildman–Crippen LogP) is 4.27. The highest BCUT2D eigenvalue weighted by Crippen LogP contribution is 2.38.